The SMILES string of the molecule is CCC1CN(CC(O)COC(C)COC)CCN1C. The molecule has 1 aliphatic rings. The fourth-order valence-corrected chi connectivity index (χ4v) is 2.53. The first-order valence-corrected chi connectivity index (χ1v) is 7.28. The largest absolute Gasteiger partial charge is 0.389 e. The van der Waals surface area contributed by atoms with Crippen LogP contribution in [0.4, 0.5) is 0 Å². The predicted molar refractivity (Wildman–Crippen MR) is 76.4 cm³/mol. The summed E-state index contributed by atoms with van der Waals surface area (Å²) in [6, 6.07) is 0.606. The van der Waals surface area contributed by atoms with Gasteiger partial charge < -0.3 is 19.5 Å². The molecule has 19 heavy (non-hydrogen) atoms. The van der Waals surface area contributed by atoms with E-state index in [0.29, 0.717) is 25.8 Å². The number of rotatable bonds is 8. The normalized spacial score (nSPS) is 25.4. The average Bonchev–Trinajstić information content (AvgIpc) is 2.39. The third-order valence-electron chi connectivity index (χ3n) is 3.78. The van der Waals surface area contributed by atoms with E-state index < -0.39 is 6.10 Å². The summed E-state index contributed by atoms with van der Waals surface area (Å²) in [5, 5.41) is 10.0. The lowest BCUT2D eigenvalue weighted by Crippen LogP contribution is -2.53. The second kappa shape index (κ2) is 8.87. The van der Waals surface area contributed by atoms with Crippen LogP contribution in [0.3, 0.4) is 0 Å². The Hall–Kier alpha value is -0.200. The fraction of sp³-hybridized carbons (Fsp3) is 1.00. The van der Waals surface area contributed by atoms with Crippen molar-refractivity contribution < 1.29 is 14.6 Å². The number of hydrogen-bond donors (Lipinski definition) is 1. The van der Waals surface area contributed by atoms with E-state index in [1.807, 2.05) is 6.92 Å². The minimum absolute atomic E-state index is 0.0375. The summed E-state index contributed by atoms with van der Waals surface area (Å²) in [7, 11) is 3.84. The number of aliphatic hydroxyl groups excluding tert-OH is 1. The van der Waals surface area contributed by atoms with Crippen LogP contribution in [0.5, 0.6) is 0 Å². The molecular weight excluding hydrogens is 244 g/mol. The Kier molecular flexibility index (Phi) is 7.87. The molecule has 1 heterocycles. The number of β-amino-alcohol motifs (C(OH)–C–C–N with tert-alkyl or cyclic N) is 1. The maximum absolute atomic E-state index is 10.0. The van der Waals surface area contributed by atoms with Crippen molar-refractivity contribution in [3.63, 3.8) is 0 Å². The van der Waals surface area contributed by atoms with Crippen LogP contribution < -0.4 is 0 Å². The molecule has 1 aliphatic heterocycles. The zero-order valence-corrected chi connectivity index (χ0v) is 12.8. The smallest absolute Gasteiger partial charge is 0.0900 e. The van der Waals surface area contributed by atoms with Crippen LogP contribution >= 0.6 is 0 Å². The van der Waals surface area contributed by atoms with Crippen LogP contribution in [0.25, 0.3) is 0 Å². The minimum Gasteiger partial charge on any atom is -0.389 e. The Morgan fingerprint density at radius 1 is 1.32 bits per heavy atom. The molecule has 0 aromatic heterocycles. The van der Waals surface area contributed by atoms with E-state index in [9.17, 15) is 5.11 Å². The van der Waals surface area contributed by atoms with E-state index in [4.69, 9.17) is 9.47 Å². The van der Waals surface area contributed by atoms with Gasteiger partial charge in [0.05, 0.1) is 25.4 Å². The summed E-state index contributed by atoms with van der Waals surface area (Å²) in [5.74, 6) is 0. The second-order valence-electron chi connectivity index (χ2n) is 5.56. The molecule has 1 N–H and O–H groups in total. The summed E-state index contributed by atoms with van der Waals surface area (Å²) in [6.07, 6.45) is 0.778. The number of likely N-dealkylation sites (N-methyl/N-ethyl adjacent to an activating group) is 1. The van der Waals surface area contributed by atoms with Gasteiger partial charge in [-0.25, -0.2) is 0 Å². The van der Waals surface area contributed by atoms with Crippen molar-refractivity contribution in [1.29, 1.82) is 0 Å². The van der Waals surface area contributed by atoms with Crippen molar-refractivity contribution in [3.05, 3.63) is 0 Å². The van der Waals surface area contributed by atoms with Crippen molar-refractivity contribution in [2.24, 2.45) is 0 Å². The third-order valence-corrected chi connectivity index (χ3v) is 3.78. The number of nitrogens with zero attached hydrogens (tertiary/aromatic N) is 2. The molecule has 114 valence electrons. The first kappa shape index (κ1) is 16.9. The topological polar surface area (TPSA) is 45.2 Å². The molecule has 1 fully saturated rings. The highest BCUT2D eigenvalue weighted by Gasteiger charge is 2.24. The molecule has 3 unspecified atom stereocenters. The Morgan fingerprint density at radius 2 is 2.05 bits per heavy atom. The molecule has 0 bridgehead atoms. The predicted octanol–water partition coefficient (Wildman–Crippen LogP) is 0.425. The van der Waals surface area contributed by atoms with Gasteiger partial charge in [-0.3, -0.25) is 4.90 Å². The molecule has 0 aliphatic carbocycles. The summed E-state index contributed by atoms with van der Waals surface area (Å²) >= 11 is 0. The van der Waals surface area contributed by atoms with E-state index >= 15 is 0 Å². The van der Waals surface area contributed by atoms with Crippen LogP contribution in [0.2, 0.25) is 0 Å². The summed E-state index contributed by atoms with van der Waals surface area (Å²) < 4.78 is 10.6. The lowest BCUT2D eigenvalue weighted by atomic mass is 10.1. The third kappa shape index (κ3) is 6.19. The van der Waals surface area contributed by atoms with Crippen molar-refractivity contribution in [2.45, 2.75) is 38.5 Å². The van der Waals surface area contributed by atoms with E-state index in [2.05, 4.69) is 23.8 Å². The summed E-state index contributed by atoms with van der Waals surface area (Å²) in [6.45, 7) is 8.97. The summed E-state index contributed by atoms with van der Waals surface area (Å²) in [5.41, 5.74) is 0. The minimum atomic E-state index is -0.416. The van der Waals surface area contributed by atoms with Gasteiger partial charge in [-0.05, 0) is 20.4 Å². The number of methoxy groups -OCH3 is 1. The number of ether oxygens (including phenoxy) is 2. The van der Waals surface area contributed by atoms with Crippen LogP contribution in [0.1, 0.15) is 20.3 Å². The molecule has 0 saturated carbocycles. The van der Waals surface area contributed by atoms with Crippen molar-refractivity contribution in [3.8, 4) is 0 Å². The van der Waals surface area contributed by atoms with E-state index in [1.165, 1.54) is 0 Å². The van der Waals surface area contributed by atoms with Crippen LogP contribution in [-0.4, -0.2) is 86.7 Å². The molecule has 1 saturated heterocycles. The van der Waals surface area contributed by atoms with E-state index in [1.54, 1.807) is 7.11 Å². The Morgan fingerprint density at radius 3 is 2.68 bits per heavy atom. The molecule has 0 spiro atoms. The average molecular weight is 274 g/mol. The summed E-state index contributed by atoms with van der Waals surface area (Å²) in [4.78, 5) is 4.74. The van der Waals surface area contributed by atoms with Gasteiger partial charge in [0, 0.05) is 39.3 Å². The van der Waals surface area contributed by atoms with Crippen molar-refractivity contribution in [1.82, 2.24) is 9.80 Å². The van der Waals surface area contributed by atoms with Crippen LogP contribution in [0.15, 0.2) is 0 Å². The molecule has 0 aromatic carbocycles. The van der Waals surface area contributed by atoms with Crippen LogP contribution in [-0.2, 0) is 9.47 Å². The van der Waals surface area contributed by atoms with Gasteiger partial charge in [-0.2, -0.15) is 0 Å². The highest BCUT2D eigenvalue weighted by atomic mass is 16.5. The maximum atomic E-state index is 10.0. The standard InChI is InChI=1S/C14H30N2O3/c1-5-13-8-16(7-6-15(13)3)9-14(17)11-19-12(2)10-18-4/h12-14,17H,5-11H2,1-4H3. The van der Waals surface area contributed by atoms with Gasteiger partial charge in [0.25, 0.3) is 0 Å². The molecule has 3 atom stereocenters. The van der Waals surface area contributed by atoms with E-state index in [-0.39, 0.29) is 6.10 Å². The zero-order chi connectivity index (χ0) is 14.3. The highest BCUT2D eigenvalue weighted by molar-refractivity contribution is 4.80. The Bertz CT molecular complexity index is 241. The molecule has 5 heteroatoms. The van der Waals surface area contributed by atoms with Gasteiger partial charge in [0.2, 0.25) is 0 Å². The first-order chi connectivity index (χ1) is 9.06. The van der Waals surface area contributed by atoms with Gasteiger partial charge >= 0.3 is 0 Å². The number of aliphatic hydroxyl groups is 1. The lowest BCUT2D eigenvalue weighted by molar-refractivity contribution is -0.0448. The molecular formula is C14H30N2O3. The monoisotopic (exact) mass is 274 g/mol. The van der Waals surface area contributed by atoms with Gasteiger partial charge in [-0.15, -0.1) is 0 Å². The first-order valence-electron chi connectivity index (χ1n) is 7.28. The maximum Gasteiger partial charge on any atom is 0.0900 e. The highest BCUT2D eigenvalue weighted by Crippen LogP contribution is 2.11. The van der Waals surface area contributed by atoms with Gasteiger partial charge in [0.15, 0.2) is 0 Å². The lowest BCUT2D eigenvalue weighted by Gasteiger charge is -2.39. The molecule has 0 aromatic rings. The number of hydrogen-bond acceptors (Lipinski definition) is 5. The molecule has 0 radical (unpaired) electrons. The zero-order valence-electron chi connectivity index (χ0n) is 12.8. The Balaban J connectivity index is 2.22. The van der Waals surface area contributed by atoms with Crippen LogP contribution in [0, 0.1) is 0 Å². The Labute approximate surface area is 117 Å². The molecule has 5 nitrogen and oxygen atoms in total. The van der Waals surface area contributed by atoms with E-state index in [0.717, 1.165) is 26.1 Å². The molecule has 1 rings (SSSR count). The van der Waals surface area contributed by atoms with Gasteiger partial charge in [-0.1, -0.05) is 6.92 Å². The van der Waals surface area contributed by atoms with Crippen molar-refractivity contribution >= 4 is 0 Å². The second-order valence-corrected chi connectivity index (χ2v) is 5.56. The fourth-order valence-electron chi connectivity index (χ4n) is 2.53. The molecule has 0 amide bonds. The quantitative estimate of drug-likeness (QED) is 0.695. The van der Waals surface area contributed by atoms with Crippen molar-refractivity contribution in [2.75, 3.05) is 53.6 Å². The number of piperazine rings is 1. The van der Waals surface area contributed by atoms with Gasteiger partial charge in [0.1, 0.15) is 0 Å².